The summed E-state index contributed by atoms with van der Waals surface area (Å²) in [5.41, 5.74) is 0.519. The Morgan fingerprint density at radius 3 is 2.48 bits per heavy atom. The first kappa shape index (κ1) is 19.1. The summed E-state index contributed by atoms with van der Waals surface area (Å²) in [7, 11) is 0. The molecule has 1 saturated heterocycles. The fourth-order valence-corrected chi connectivity index (χ4v) is 2.90. The number of ether oxygens (including phenoxy) is 1. The molecule has 2 amide bonds. The van der Waals surface area contributed by atoms with Crippen LogP contribution in [0.4, 0.5) is 16.2 Å². The van der Waals surface area contributed by atoms with E-state index < -0.39 is 4.92 Å². The summed E-state index contributed by atoms with van der Waals surface area (Å²) in [6.45, 7) is 8.10. The number of non-ortho nitro benzene ring substituents is 1. The van der Waals surface area contributed by atoms with Crippen molar-refractivity contribution in [1.29, 1.82) is 0 Å². The molecule has 1 aliphatic rings. The van der Waals surface area contributed by atoms with Crippen molar-refractivity contribution in [3.05, 3.63) is 34.4 Å². The average Bonchev–Trinajstić information content (AvgIpc) is 2.59. The van der Waals surface area contributed by atoms with Crippen LogP contribution in [0.25, 0.3) is 0 Å². The molecule has 0 spiro atoms. The molecule has 0 radical (unpaired) electrons. The molecule has 1 atom stereocenters. The number of amides is 2. The van der Waals surface area contributed by atoms with Gasteiger partial charge in [0.25, 0.3) is 5.69 Å². The third-order valence-electron chi connectivity index (χ3n) is 4.14. The highest BCUT2D eigenvalue weighted by Gasteiger charge is 2.22. The van der Waals surface area contributed by atoms with Crippen LogP contribution < -0.4 is 10.6 Å². The van der Waals surface area contributed by atoms with E-state index in [9.17, 15) is 14.9 Å². The van der Waals surface area contributed by atoms with Gasteiger partial charge in [-0.3, -0.25) is 15.0 Å². The van der Waals surface area contributed by atoms with E-state index in [0.717, 1.165) is 32.7 Å². The number of anilines is 1. The normalized spacial score (nSPS) is 16.4. The largest absolute Gasteiger partial charge is 0.379 e. The van der Waals surface area contributed by atoms with E-state index in [1.165, 1.54) is 24.3 Å². The molecule has 2 N–H and O–H groups in total. The Morgan fingerprint density at radius 2 is 1.92 bits per heavy atom. The molecule has 0 saturated carbocycles. The van der Waals surface area contributed by atoms with E-state index in [0.29, 0.717) is 18.2 Å². The molecular formula is C17H26N4O4. The molecule has 1 aliphatic heterocycles. The monoisotopic (exact) mass is 350 g/mol. The lowest BCUT2D eigenvalue weighted by atomic mass is 10.0. The van der Waals surface area contributed by atoms with E-state index in [-0.39, 0.29) is 17.8 Å². The number of carbonyl (C=O) groups is 1. The highest BCUT2D eigenvalue weighted by molar-refractivity contribution is 5.89. The number of benzene rings is 1. The number of carbonyl (C=O) groups excluding carboxylic acids is 1. The highest BCUT2D eigenvalue weighted by atomic mass is 16.6. The van der Waals surface area contributed by atoms with E-state index in [4.69, 9.17) is 4.74 Å². The summed E-state index contributed by atoms with van der Waals surface area (Å²) in [5.74, 6) is 0.535. The fraction of sp³-hybridized carbons (Fsp3) is 0.588. The zero-order valence-corrected chi connectivity index (χ0v) is 14.7. The van der Waals surface area contributed by atoms with Gasteiger partial charge in [-0.05, 0) is 24.5 Å². The van der Waals surface area contributed by atoms with Crippen molar-refractivity contribution in [2.24, 2.45) is 5.92 Å². The summed E-state index contributed by atoms with van der Waals surface area (Å²) < 4.78 is 5.40. The van der Waals surface area contributed by atoms with Crippen molar-refractivity contribution in [2.75, 3.05) is 38.2 Å². The average molecular weight is 350 g/mol. The molecule has 1 unspecified atom stereocenters. The summed E-state index contributed by atoms with van der Waals surface area (Å²) in [6, 6.07) is 5.73. The second kappa shape index (κ2) is 9.33. The van der Waals surface area contributed by atoms with Crippen molar-refractivity contribution >= 4 is 17.4 Å². The number of hydrogen-bond acceptors (Lipinski definition) is 5. The first-order valence-electron chi connectivity index (χ1n) is 8.57. The molecule has 1 aromatic rings. The van der Waals surface area contributed by atoms with Gasteiger partial charge in [-0.1, -0.05) is 13.8 Å². The topological polar surface area (TPSA) is 96.7 Å². The van der Waals surface area contributed by atoms with E-state index >= 15 is 0 Å². The number of nitrogens with zero attached hydrogens (tertiary/aromatic N) is 2. The van der Waals surface area contributed by atoms with E-state index in [2.05, 4.69) is 29.4 Å². The van der Waals surface area contributed by atoms with Crippen LogP contribution in [-0.2, 0) is 4.74 Å². The minimum absolute atomic E-state index is 0.00438. The summed E-state index contributed by atoms with van der Waals surface area (Å²) in [4.78, 5) is 24.6. The molecule has 0 aliphatic carbocycles. The molecular weight excluding hydrogens is 324 g/mol. The molecule has 1 fully saturated rings. The van der Waals surface area contributed by atoms with Gasteiger partial charge in [0.15, 0.2) is 0 Å². The minimum atomic E-state index is -0.470. The van der Waals surface area contributed by atoms with Gasteiger partial charge in [0, 0.05) is 43.5 Å². The molecule has 0 aromatic heterocycles. The van der Waals surface area contributed by atoms with Crippen LogP contribution in [0.15, 0.2) is 24.3 Å². The minimum Gasteiger partial charge on any atom is -0.379 e. The Bertz CT molecular complexity index is 571. The van der Waals surface area contributed by atoms with Gasteiger partial charge in [-0.25, -0.2) is 4.79 Å². The number of nitro groups is 1. The van der Waals surface area contributed by atoms with Gasteiger partial charge in [0.2, 0.25) is 0 Å². The SMILES string of the molecule is CC(C)CC(CNC(=O)Nc1ccc([N+](=O)[O-])cc1)N1CCOCC1. The maximum Gasteiger partial charge on any atom is 0.319 e. The molecule has 1 heterocycles. The van der Waals surface area contributed by atoms with Crippen molar-refractivity contribution in [2.45, 2.75) is 26.3 Å². The second-order valence-corrected chi connectivity index (χ2v) is 6.57. The lowest BCUT2D eigenvalue weighted by Crippen LogP contribution is -2.49. The van der Waals surface area contributed by atoms with Crippen LogP contribution in [0.1, 0.15) is 20.3 Å². The van der Waals surface area contributed by atoms with Crippen molar-refractivity contribution < 1.29 is 14.5 Å². The quantitative estimate of drug-likeness (QED) is 0.582. The van der Waals surface area contributed by atoms with Crippen molar-refractivity contribution in [1.82, 2.24) is 10.2 Å². The first-order valence-corrected chi connectivity index (χ1v) is 8.57. The Kier molecular flexibility index (Phi) is 7.15. The number of morpholine rings is 1. The zero-order valence-electron chi connectivity index (χ0n) is 14.7. The van der Waals surface area contributed by atoms with Gasteiger partial charge < -0.3 is 15.4 Å². The Hall–Kier alpha value is -2.19. The lowest BCUT2D eigenvalue weighted by Gasteiger charge is -2.35. The lowest BCUT2D eigenvalue weighted by molar-refractivity contribution is -0.384. The molecule has 2 rings (SSSR count). The Morgan fingerprint density at radius 1 is 1.28 bits per heavy atom. The van der Waals surface area contributed by atoms with Crippen LogP contribution in [0.3, 0.4) is 0 Å². The number of nitro benzene ring substituents is 1. The van der Waals surface area contributed by atoms with Gasteiger partial charge in [-0.15, -0.1) is 0 Å². The maximum absolute atomic E-state index is 12.1. The predicted octanol–water partition coefficient (Wildman–Crippen LogP) is 2.46. The van der Waals surface area contributed by atoms with Gasteiger partial charge in [-0.2, -0.15) is 0 Å². The number of urea groups is 1. The standard InChI is InChI=1S/C17H26N4O4/c1-13(2)11-16(20-7-9-25-10-8-20)12-18-17(22)19-14-3-5-15(6-4-14)21(23)24/h3-6,13,16H,7-12H2,1-2H3,(H2,18,19,22). The number of nitrogens with one attached hydrogen (secondary N) is 2. The number of rotatable bonds is 7. The van der Waals surface area contributed by atoms with Gasteiger partial charge >= 0.3 is 6.03 Å². The predicted molar refractivity (Wildman–Crippen MR) is 95.8 cm³/mol. The van der Waals surface area contributed by atoms with Crippen LogP contribution >= 0.6 is 0 Å². The second-order valence-electron chi connectivity index (χ2n) is 6.57. The van der Waals surface area contributed by atoms with E-state index in [1.807, 2.05) is 0 Å². The first-order chi connectivity index (χ1) is 12.0. The van der Waals surface area contributed by atoms with Crippen LogP contribution in [0, 0.1) is 16.0 Å². The summed E-state index contributed by atoms with van der Waals surface area (Å²) in [6.07, 6.45) is 0.998. The highest BCUT2D eigenvalue weighted by Crippen LogP contribution is 2.16. The van der Waals surface area contributed by atoms with Crippen LogP contribution in [0.5, 0.6) is 0 Å². The van der Waals surface area contributed by atoms with Crippen molar-refractivity contribution in [3.8, 4) is 0 Å². The van der Waals surface area contributed by atoms with Gasteiger partial charge in [0.1, 0.15) is 0 Å². The summed E-state index contributed by atoms with van der Waals surface area (Å²) in [5, 5.41) is 16.3. The smallest absolute Gasteiger partial charge is 0.319 e. The molecule has 25 heavy (non-hydrogen) atoms. The molecule has 1 aromatic carbocycles. The molecule has 8 heteroatoms. The number of hydrogen-bond donors (Lipinski definition) is 2. The third kappa shape index (κ3) is 6.32. The third-order valence-corrected chi connectivity index (χ3v) is 4.14. The maximum atomic E-state index is 12.1. The van der Waals surface area contributed by atoms with Gasteiger partial charge in [0.05, 0.1) is 18.1 Å². The van der Waals surface area contributed by atoms with E-state index in [1.54, 1.807) is 0 Å². The molecule has 0 bridgehead atoms. The molecule has 8 nitrogen and oxygen atoms in total. The zero-order chi connectivity index (χ0) is 18.2. The van der Waals surface area contributed by atoms with Crippen LogP contribution in [-0.4, -0.2) is 54.7 Å². The van der Waals surface area contributed by atoms with Crippen molar-refractivity contribution in [3.63, 3.8) is 0 Å². The molecule has 138 valence electrons. The fourth-order valence-electron chi connectivity index (χ4n) is 2.90. The van der Waals surface area contributed by atoms with Crippen LogP contribution in [0.2, 0.25) is 0 Å². The Labute approximate surface area is 147 Å². The Balaban J connectivity index is 1.85. The summed E-state index contributed by atoms with van der Waals surface area (Å²) >= 11 is 0.